The quantitative estimate of drug-likeness (QED) is 0.477. The van der Waals surface area contributed by atoms with Gasteiger partial charge in [-0.05, 0) is 88.2 Å². The summed E-state index contributed by atoms with van der Waals surface area (Å²) in [5.41, 5.74) is 0. The van der Waals surface area contributed by atoms with Crippen molar-refractivity contribution >= 4 is 10.0 Å². The van der Waals surface area contributed by atoms with Gasteiger partial charge in [-0.1, -0.05) is 26.7 Å². The number of pyridine rings is 1. The minimum Gasteiger partial charge on any atom is -0.490 e. The Hall–Kier alpha value is -1.18. The molecule has 1 aromatic rings. The summed E-state index contributed by atoms with van der Waals surface area (Å²) in [6.45, 7) is 5.79. The minimum atomic E-state index is -3.02. The van der Waals surface area contributed by atoms with Crippen molar-refractivity contribution in [3.63, 3.8) is 0 Å². The fourth-order valence-corrected chi connectivity index (χ4v) is 6.39. The molecule has 0 N–H and O–H groups in total. The van der Waals surface area contributed by atoms with Crippen LogP contribution in [0.15, 0.2) is 24.5 Å². The average Bonchev–Trinajstić information content (AvgIpc) is 2.86. The molecule has 0 spiro atoms. The van der Waals surface area contributed by atoms with E-state index in [4.69, 9.17) is 9.47 Å². The first-order chi connectivity index (χ1) is 16.4. The molecule has 0 amide bonds. The summed E-state index contributed by atoms with van der Waals surface area (Å²) in [4.78, 5) is 3.98. The molecule has 34 heavy (non-hydrogen) atoms. The fraction of sp³-hybridized carbons (Fsp3) is 0.815. The zero-order chi connectivity index (χ0) is 24.4. The van der Waals surface area contributed by atoms with Crippen molar-refractivity contribution < 1.29 is 17.9 Å². The second kappa shape index (κ2) is 13.8. The lowest BCUT2D eigenvalue weighted by Crippen LogP contribution is -2.41. The highest BCUT2D eigenvalue weighted by molar-refractivity contribution is 7.88. The van der Waals surface area contributed by atoms with E-state index in [2.05, 4.69) is 18.8 Å². The van der Waals surface area contributed by atoms with Crippen molar-refractivity contribution in [1.29, 1.82) is 0 Å². The molecule has 2 aliphatic carbocycles. The topological polar surface area (TPSA) is 68.7 Å². The van der Waals surface area contributed by atoms with Crippen LogP contribution in [0.1, 0.15) is 90.9 Å². The molecular weight excluding hydrogens is 448 g/mol. The van der Waals surface area contributed by atoms with Crippen LogP contribution >= 0.6 is 0 Å². The van der Waals surface area contributed by atoms with Crippen LogP contribution in [0.5, 0.6) is 5.75 Å². The van der Waals surface area contributed by atoms with E-state index in [0.29, 0.717) is 25.3 Å². The van der Waals surface area contributed by atoms with E-state index in [1.54, 1.807) is 16.7 Å². The van der Waals surface area contributed by atoms with E-state index >= 15 is 0 Å². The molecule has 7 heteroatoms. The number of ether oxygens (including phenoxy) is 2. The van der Waals surface area contributed by atoms with Crippen LogP contribution in [-0.2, 0) is 14.8 Å². The summed E-state index contributed by atoms with van der Waals surface area (Å²) in [7, 11) is -3.02. The number of aromatic nitrogens is 1. The smallest absolute Gasteiger partial charge is 0.211 e. The van der Waals surface area contributed by atoms with Crippen LogP contribution in [0.2, 0.25) is 0 Å². The van der Waals surface area contributed by atoms with Gasteiger partial charge in [-0.3, -0.25) is 4.98 Å². The van der Waals surface area contributed by atoms with Crippen LogP contribution in [0, 0.1) is 11.8 Å². The average molecular weight is 495 g/mol. The molecule has 4 rings (SSSR count). The van der Waals surface area contributed by atoms with Crippen LogP contribution in [-0.4, -0.2) is 55.4 Å². The number of piperidine rings is 1. The van der Waals surface area contributed by atoms with Gasteiger partial charge in [0, 0.05) is 25.5 Å². The van der Waals surface area contributed by atoms with Gasteiger partial charge >= 0.3 is 0 Å². The SMILES string of the molecule is CCC1CCC(OC2CCN(S(C)(=O)=O)CC2)CC1.CCC1CCC(Oc2ccncc2)CC1. The normalized spacial score (nSPS) is 29.1. The van der Waals surface area contributed by atoms with Gasteiger partial charge in [0.25, 0.3) is 0 Å². The Morgan fingerprint density at radius 1 is 0.794 bits per heavy atom. The lowest BCUT2D eigenvalue weighted by molar-refractivity contribution is -0.0542. The standard InChI is InChI=1S/C14H27NO3S.C13H19NO/c1-3-12-4-6-13(7-5-12)18-14-8-10-15(11-9-14)19(2,16)17;1-2-11-3-5-12(6-4-11)15-13-7-9-14-10-8-13/h12-14H,3-11H2,1-2H3;7-12H,2-6H2,1H3. The van der Waals surface area contributed by atoms with Gasteiger partial charge in [-0.25, -0.2) is 12.7 Å². The predicted octanol–water partition coefficient (Wildman–Crippen LogP) is 5.83. The van der Waals surface area contributed by atoms with Crippen molar-refractivity contribution in [3.8, 4) is 5.75 Å². The molecule has 3 fully saturated rings. The fourth-order valence-electron chi connectivity index (χ4n) is 5.52. The van der Waals surface area contributed by atoms with E-state index in [0.717, 1.165) is 30.4 Å². The summed E-state index contributed by atoms with van der Waals surface area (Å²) in [6.07, 6.45) is 20.3. The molecule has 0 bridgehead atoms. The van der Waals surface area contributed by atoms with Crippen molar-refractivity contribution in [2.24, 2.45) is 11.8 Å². The Labute approximate surface area is 207 Å². The number of rotatable bonds is 7. The molecule has 0 aromatic carbocycles. The molecule has 0 unspecified atom stereocenters. The zero-order valence-corrected chi connectivity index (χ0v) is 22.3. The summed E-state index contributed by atoms with van der Waals surface area (Å²) >= 11 is 0. The first kappa shape index (κ1) is 27.4. The second-order valence-electron chi connectivity index (χ2n) is 10.4. The van der Waals surface area contributed by atoms with Gasteiger partial charge in [0.1, 0.15) is 5.75 Å². The molecule has 2 saturated carbocycles. The Morgan fingerprint density at radius 3 is 1.74 bits per heavy atom. The third-order valence-electron chi connectivity index (χ3n) is 7.95. The van der Waals surface area contributed by atoms with E-state index in [1.807, 2.05) is 12.1 Å². The van der Waals surface area contributed by atoms with E-state index < -0.39 is 10.0 Å². The lowest BCUT2D eigenvalue weighted by Gasteiger charge is -2.35. The maximum absolute atomic E-state index is 11.4. The Morgan fingerprint density at radius 2 is 1.26 bits per heavy atom. The van der Waals surface area contributed by atoms with Crippen molar-refractivity contribution in [2.45, 2.75) is 109 Å². The summed E-state index contributed by atoms with van der Waals surface area (Å²) in [6, 6.07) is 3.87. The summed E-state index contributed by atoms with van der Waals surface area (Å²) < 4.78 is 36.5. The molecule has 0 atom stereocenters. The van der Waals surface area contributed by atoms with Crippen LogP contribution in [0.3, 0.4) is 0 Å². The third-order valence-corrected chi connectivity index (χ3v) is 9.25. The largest absolute Gasteiger partial charge is 0.490 e. The second-order valence-corrected chi connectivity index (χ2v) is 12.4. The van der Waals surface area contributed by atoms with Crippen LogP contribution < -0.4 is 4.74 Å². The van der Waals surface area contributed by atoms with Crippen molar-refractivity contribution in [1.82, 2.24) is 9.29 Å². The monoisotopic (exact) mass is 494 g/mol. The van der Waals surface area contributed by atoms with E-state index in [9.17, 15) is 8.42 Å². The van der Waals surface area contributed by atoms with Gasteiger partial charge < -0.3 is 9.47 Å². The summed E-state index contributed by atoms with van der Waals surface area (Å²) in [5.74, 6) is 2.79. The molecular formula is C27H46N2O4S. The van der Waals surface area contributed by atoms with Gasteiger partial charge in [0.2, 0.25) is 10.0 Å². The molecule has 6 nitrogen and oxygen atoms in total. The number of nitrogens with zero attached hydrogens (tertiary/aromatic N) is 2. The van der Waals surface area contributed by atoms with E-state index in [-0.39, 0.29) is 6.10 Å². The Bertz CT molecular complexity index is 780. The highest BCUT2D eigenvalue weighted by Gasteiger charge is 2.28. The van der Waals surface area contributed by atoms with Gasteiger partial charge in [0.05, 0.1) is 24.6 Å². The molecule has 1 aliphatic heterocycles. The van der Waals surface area contributed by atoms with Gasteiger partial charge in [-0.15, -0.1) is 0 Å². The third kappa shape index (κ3) is 9.12. The van der Waals surface area contributed by atoms with Crippen LogP contribution in [0.4, 0.5) is 0 Å². The molecule has 3 aliphatic rings. The minimum absolute atomic E-state index is 0.265. The van der Waals surface area contributed by atoms with Crippen molar-refractivity contribution in [2.75, 3.05) is 19.3 Å². The first-order valence-electron chi connectivity index (χ1n) is 13.5. The first-order valence-corrected chi connectivity index (χ1v) is 15.4. The number of hydrogen-bond donors (Lipinski definition) is 0. The highest BCUT2D eigenvalue weighted by Crippen LogP contribution is 2.31. The van der Waals surface area contributed by atoms with Crippen LogP contribution in [0.25, 0.3) is 0 Å². The maximum Gasteiger partial charge on any atom is 0.211 e. The Balaban J connectivity index is 0.000000196. The van der Waals surface area contributed by atoms with Gasteiger partial charge in [-0.2, -0.15) is 0 Å². The number of sulfonamides is 1. The van der Waals surface area contributed by atoms with Crippen molar-refractivity contribution in [3.05, 3.63) is 24.5 Å². The number of hydrogen-bond acceptors (Lipinski definition) is 5. The maximum atomic E-state index is 11.4. The van der Waals surface area contributed by atoms with Gasteiger partial charge in [0.15, 0.2) is 0 Å². The highest BCUT2D eigenvalue weighted by atomic mass is 32.2. The molecule has 2 heterocycles. The van der Waals surface area contributed by atoms with E-state index in [1.165, 1.54) is 70.5 Å². The zero-order valence-electron chi connectivity index (χ0n) is 21.5. The summed E-state index contributed by atoms with van der Waals surface area (Å²) in [5, 5.41) is 0. The molecule has 0 radical (unpaired) electrons. The Kier molecular flexibility index (Phi) is 11.1. The molecule has 194 valence electrons. The molecule has 1 saturated heterocycles. The predicted molar refractivity (Wildman–Crippen MR) is 137 cm³/mol. The molecule has 1 aromatic heterocycles. The lowest BCUT2D eigenvalue weighted by atomic mass is 9.85.